The second-order valence-electron chi connectivity index (χ2n) is 8.43. The lowest BCUT2D eigenvalue weighted by molar-refractivity contribution is 0.00362. The van der Waals surface area contributed by atoms with Crippen LogP contribution in [0.5, 0.6) is 0 Å². The lowest BCUT2D eigenvalue weighted by Gasteiger charge is -2.49. The fourth-order valence-corrected chi connectivity index (χ4v) is 5.42. The molecule has 4 aliphatic heterocycles. The van der Waals surface area contributed by atoms with Crippen LogP contribution < -0.4 is 0 Å². The number of nitrogens with zero attached hydrogens (tertiary/aromatic N) is 4. The molecule has 3 aromatic rings. The Morgan fingerprint density at radius 3 is 2.47 bits per heavy atom. The SMILES string of the molecule is CC.O=C1c2cccc3c2c(nn3Cc2ccccc2)CN1C1CN2CCC1CC2. The van der Waals surface area contributed by atoms with E-state index in [4.69, 9.17) is 5.10 Å². The Morgan fingerprint density at radius 1 is 1.00 bits per heavy atom. The second-order valence-corrected chi connectivity index (χ2v) is 8.43. The molecule has 5 heterocycles. The van der Waals surface area contributed by atoms with Crippen molar-refractivity contribution in [3.05, 3.63) is 65.4 Å². The molecule has 2 aromatic carbocycles. The number of rotatable bonds is 3. The molecule has 0 saturated carbocycles. The van der Waals surface area contributed by atoms with Gasteiger partial charge in [-0.3, -0.25) is 9.48 Å². The fraction of sp³-hybridized carbons (Fsp3) is 0.440. The molecule has 4 aliphatic rings. The Kier molecular flexibility index (Phi) is 5.07. The number of aromatic nitrogens is 2. The average molecular weight is 403 g/mol. The Labute approximate surface area is 178 Å². The van der Waals surface area contributed by atoms with E-state index < -0.39 is 0 Å². The van der Waals surface area contributed by atoms with Gasteiger partial charge in [-0.15, -0.1) is 0 Å². The Morgan fingerprint density at radius 2 is 1.77 bits per heavy atom. The lowest BCUT2D eigenvalue weighted by Crippen LogP contribution is -2.59. The number of amides is 1. The third-order valence-electron chi connectivity index (χ3n) is 6.86. The van der Waals surface area contributed by atoms with Gasteiger partial charge >= 0.3 is 0 Å². The monoisotopic (exact) mass is 402 g/mol. The smallest absolute Gasteiger partial charge is 0.255 e. The molecule has 3 fully saturated rings. The zero-order valence-corrected chi connectivity index (χ0v) is 17.9. The van der Waals surface area contributed by atoms with Gasteiger partial charge in [-0.1, -0.05) is 50.2 Å². The minimum absolute atomic E-state index is 0.191. The van der Waals surface area contributed by atoms with Crippen molar-refractivity contribution in [3.63, 3.8) is 0 Å². The molecule has 0 N–H and O–H groups in total. The number of carbonyl (C=O) groups is 1. The summed E-state index contributed by atoms with van der Waals surface area (Å²) in [6.07, 6.45) is 2.43. The zero-order valence-electron chi connectivity index (χ0n) is 17.9. The molecule has 1 aromatic heterocycles. The zero-order chi connectivity index (χ0) is 20.7. The van der Waals surface area contributed by atoms with Gasteiger partial charge in [-0.2, -0.15) is 5.10 Å². The van der Waals surface area contributed by atoms with Gasteiger partial charge in [-0.05, 0) is 49.5 Å². The molecule has 30 heavy (non-hydrogen) atoms. The first-order chi connectivity index (χ1) is 14.8. The Hall–Kier alpha value is -2.66. The molecule has 156 valence electrons. The number of piperidine rings is 3. The van der Waals surface area contributed by atoms with Gasteiger partial charge in [-0.25, -0.2) is 0 Å². The highest BCUT2D eigenvalue weighted by molar-refractivity contribution is 6.09. The van der Waals surface area contributed by atoms with E-state index in [0.717, 1.165) is 35.2 Å². The average Bonchev–Trinajstić information content (AvgIpc) is 3.17. The molecule has 1 atom stereocenters. The highest BCUT2D eigenvalue weighted by Gasteiger charge is 2.42. The van der Waals surface area contributed by atoms with Crippen LogP contribution in [0, 0.1) is 5.92 Å². The Bertz CT molecular complexity index is 1050. The van der Waals surface area contributed by atoms with Crippen molar-refractivity contribution in [2.75, 3.05) is 19.6 Å². The molecule has 7 rings (SSSR count). The molecular formula is C25H30N4O. The molecule has 1 amide bonds. The summed E-state index contributed by atoms with van der Waals surface area (Å²) in [4.78, 5) is 18.1. The second kappa shape index (κ2) is 7.88. The van der Waals surface area contributed by atoms with Crippen LogP contribution in [0.1, 0.15) is 48.3 Å². The van der Waals surface area contributed by atoms with Gasteiger partial charge in [0.05, 0.1) is 29.9 Å². The molecule has 0 aliphatic carbocycles. The van der Waals surface area contributed by atoms with Crippen molar-refractivity contribution in [2.45, 2.75) is 45.8 Å². The van der Waals surface area contributed by atoms with E-state index in [-0.39, 0.29) is 5.91 Å². The number of hydrogen-bond donors (Lipinski definition) is 0. The maximum atomic E-state index is 13.4. The van der Waals surface area contributed by atoms with Crippen LogP contribution in [0.4, 0.5) is 0 Å². The topological polar surface area (TPSA) is 41.4 Å². The van der Waals surface area contributed by atoms with Crippen LogP contribution in [0.3, 0.4) is 0 Å². The summed E-state index contributed by atoms with van der Waals surface area (Å²) in [6, 6.07) is 16.8. The van der Waals surface area contributed by atoms with Crippen LogP contribution in [0.25, 0.3) is 10.9 Å². The van der Waals surface area contributed by atoms with Crippen LogP contribution in [0.15, 0.2) is 48.5 Å². The minimum atomic E-state index is 0.191. The van der Waals surface area contributed by atoms with Crippen molar-refractivity contribution in [1.82, 2.24) is 19.6 Å². The molecule has 2 bridgehead atoms. The highest BCUT2D eigenvalue weighted by Crippen LogP contribution is 2.37. The van der Waals surface area contributed by atoms with E-state index in [2.05, 4.69) is 44.8 Å². The third kappa shape index (κ3) is 3.12. The molecule has 0 spiro atoms. The standard InChI is InChI=1S/C23H24N4O.C2H6/c28-23-18-7-4-8-20-22(18)19(24-27(20)13-16-5-2-1-3-6-16)14-26(23)21-15-25-11-9-17(21)10-12-25;1-2/h1-8,17,21H,9-15H2;1-2H3. The quantitative estimate of drug-likeness (QED) is 0.661. The summed E-state index contributed by atoms with van der Waals surface area (Å²) in [7, 11) is 0. The molecule has 1 unspecified atom stereocenters. The first kappa shape index (κ1) is 19.3. The predicted octanol–water partition coefficient (Wildman–Crippen LogP) is 4.16. The first-order valence-corrected chi connectivity index (χ1v) is 11.3. The summed E-state index contributed by atoms with van der Waals surface area (Å²) in [5, 5.41) is 6.02. The third-order valence-corrected chi connectivity index (χ3v) is 6.86. The maximum absolute atomic E-state index is 13.4. The van der Waals surface area contributed by atoms with Gasteiger partial charge in [0.15, 0.2) is 0 Å². The Balaban J connectivity index is 0.000000937. The minimum Gasteiger partial charge on any atom is -0.328 e. The van der Waals surface area contributed by atoms with Gasteiger partial charge in [0, 0.05) is 18.0 Å². The summed E-state index contributed by atoms with van der Waals surface area (Å²) >= 11 is 0. The molecule has 5 nitrogen and oxygen atoms in total. The maximum Gasteiger partial charge on any atom is 0.255 e. The van der Waals surface area contributed by atoms with E-state index in [0.29, 0.717) is 18.5 Å². The van der Waals surface area contributed by atoms with Gasteiger partial charge in [0.25, 0.3) is 5.91 Å². The van der Waals surface area contributed by atoms with Crippen molar-refractivity contribution in [1.29, 1.82) is 0 Å². The van der Waals surface area contributed by atoms with Crippen molar-refractivity contribution >= 4 is 16.8 Å². The summed E-state index contributed by atoms with van der Waals surface area (Å²) in [5.74, 6) is 0.831. The van der Waals surface area contributed by atoms with Crippen LogP contribution in [-0.2, 0) is 13.1 Å². The molecule has 5 heteroatoms. The van der Waals surface area contributed by atoms with E-state index >= 15 is 0 Å². The molecule has 0 radical (unpaired) electrons. The van der Waals surface area contributed by atoms with Crippen molar-refractivity contribution in [3.8, 4) is 0 Å². The number of fused-ring (bicyclic) bond motifs is 3. The van der Waals surface area contributed by atoms with Crippen LogP contribution in [0.2, 0.25) is 0 Å². The largest absolute Gasteiger partial charge is 0.328 e. The summed E-state index contributed by atoms with van der Waals surface area (Å²) in [6.45, 7) is 8.77. The van der Waals surface area contributed by atoms with Crippen LogP contribution in [-0.4, -0.2) is 51.2 Å². The number of carbonyl (C=O) groups excluding carboxylic acids is 1. The summed E-state index contributed by atoms with van der Waals surface area (Å²) in [5.41, 5.74) is 4.18. The highest BCUT2D eigenvalue weighted by atomic mass is 16.2. The molecular weight excluding hydrogens is 372 g/mol. The number of hydrogen-bond acceptors (Lipinski definition) is 3. The van der Waals surface area contributed by atoms with E-state index in [1.807, 2.05) is 32.0 Å². The van der Waals surface area contributed by atoms with Gasteiger partial charge in [0.2, 0.25) is 0 Å². The lowest BCUT2D eigenvalue weighted by atomic mass is 9.82. The van der Waals surface area contributed by atoms with Crippen LogP contribution >= 0.6 is 0 Å². The van der Waals surface area contributed by atoms with Gasteiger partial charge in [0.1, 0.15) is 0 Å². The summed E-state index contributed by atoms with van der Waals surface area (Å²) < 4.78 is 2.07. The van der Waals surface area contributed by atoms with E-state index in [1.54, 1.807) is 0 Å². The van der Waals surface area contributed by atoms with E-state index in [9.17, 15) is 4.79 Å². The first-order valence-electron chi connectivity index (χ1n) is 11.3. The van der Waals surface area contributed by atoms with E-state index in [1.165, 1.54) is 31.5 Å². The van der Waals surface area contributed by atoms with Crippen molar-refractivity contribution < 1.29 is 4.79 Å². The van der Waals surface area contributed by atoms with Gasteiger partial charge < -0.3 is 9.80 Å². The number of benzene rings is 2. The predicted molar refractivity (Wildman–Crippen MR) is 119 cm³/mol. The molecule has 3 saturated heterocycles. The normalized spacial score (nSPS) is 24.7. The van der Waals surface area contributed by atoms with Crippen molar-refractivity contribution in [2.24, 2.45) is 5.92 Å². The fourth-order valence-electron chi connectivity index (χ4n) is 5.42.